The highest BCUT2D eigenvalue weighted by Gasteiger charge is 2.42. The number of ether oxygens (including phenoxy) is 1. The number of halogens is 1. The SMILES string of the molecule is COc1ccc(C2(N)CC(C)CCC2C(C)C)cc1F. The van der Waals surface area contributed by atoms with Crippen LogP contribution in [-0.4, -0.2) is 7.11 Å². The second kappa shape index (κ2) is 5.72. The molecule has 0 aromatic heterocycles. The van der Waals surface area contributed by atoms with Crippen LogP contribution in [0.3, 0.4) is 0 Å². The van der Waals surface area contributed by atoms with Gasteiger partial charge in [-0.2, -0.15) is 0 Å². The molecule has 2 nitrogen and oxygen atoms in total. The maximum atomic E-state index is 14.0. The Bertz CT molecular complexity index is 474. The van der Waals surface area contributed by atoms with Crippen LogP contribution >= 0.6 is 0 Å². The van der Waals surface area contributed by atoms with Crippen LogP contribution in [0.2, 0.25) is 0 Å². The topological polar surface area (TPSA) is 35.2 Å². The van der Waals surface area contributed by atoms with Gasteiger partial charge in [0.15, 0.2) is 11.6 Å². The molecule has 3 unspecified atom stereocenters. The van der Waals surface area contributed by atoms with E-state index >= 15 is 0 Å². The van der Waals surface area contributed by atoms with Gasteiger partial charge in [0.25, 0.3) is 0 Å². The number of benzene rings is 1. The van der Waals surface area contributed by atoms with Crippen molar-refractivity contribution < 1.29 is 9.13 Å². The smallest absolute Gasteiger partial charge is 0.165 e. The van der Waals surface area contributed by atoms with E-state index in [1.165, 1.54) is 13.5 Å². The molecule has 1 aromatic carbocycles. The van der Waals surface area contributed by atoms with Crippen molar-refractivity contribution in [3.05, 3.63) is 29.6 Å². The molecule has 20 heavy (non-hydrogen) atoms. The molecule has 0 bridgehead atoms. The zero-order valence-corrected chi connectivity index (χ0v) is 12.9. The lowest BCUT2D eigenvalue weighted by molar-refractivity contribution is 0.108. The first-order valence-electron chi connectivity index (χ1n) is 7.51. The number of hydrogen-bond acceptors (Lipinski definition) is 2. The summed E-state index contributed by atoms with van der Waals surface area (Å²) in [5.74, 6) is 1.43. The van der Waals surface area contributed by atoms with Gasteiger partial charge >= 0.3 is 0 Å². The Hall–Kier alpha value is -1.09. The van der Waals surface area contributed by atoms with Crippen molar-refractivity contribution in [1.82, 2.24) is 0 Å². The molecule has 3 heteroatoms. The van der Waals surface area contributed by atoms with E-state index in [4.69, 9.17) is 10.5 Å². The fourth-order valence-electron chi connectivity index (χ4n) is 3.77. The highest BCUT2D eigenvalue weighted by Crippen LogP contribution is 2.45. The monoisotopic (exact) mass is 279 g/mol. The van der Waals surface area contributed by atoms with Crippen molar-refractivity contribution in [3.8, 4) is 5.75 Å². The van der Waals surface area contributed by atoms with Gasteiger partial charge in [-0.3, -0.25) is 0 Å². The van der Waals surface area contributed by atoms with Crippen LogP contribution in [0.5, 0.6) is 5.75 Å². The van der Waals surface area contributed by atoms with E-state index in [1.54, 1.807) is 12.1 Å². The molecule has 1 saturated carbocycles. The van der Waals surface area contributed by atoms with Crippen LogP contribution in [-0.2, 0) is 5.54 Å². The van der Waals surface area contributed by atoms with E-state index in [0.29, 0.717) is 17.8 Å². The van der Waals surface area contributed by atoms with Gasteiger partial charge in [0, 0.05) is 5.54 Å². The third-order valence-electron chi connectivity index (χ3n) is 4.81. The van der Waals surface area contributed by atoms with Gasteiger partial charge < -0.3 is 10.5 Å². The summed E-state index contributed by atoms with van der Waals surface area (Å²) in [4.78, 5) is 0. The van der Waals surface area contributed by atoms with Crippen molar-refractivity contribution >= 4 is 0 Å². The Balaban J connectivity index is 2.41. The lowest BCUT2D eigenvalue weighted by Gasteiger charge is -2.46. The number of hydrogen-bond donors (Lipinski definition) is 1. The van der Waals surface area contributed by atoms with Gasteiger partial charge in [-0.15, -0.1) is 0 Å². The summed E-state index contributed by atoms with van der Waals surface area (Å²) >= 11 is 0. The molecule has 1 aliphatic carbocycles. The molecule has 3 atom stereocenters. The molecule has 2 N–H and O–H groups in total. The summed E-state index contributed by atoms with van der Waals surface area (Å²) in [6.07, 6.45) is 3.24. The lowest BCUT2D eigenvalue weighted by atomic mass is 9.63. The first-order chi connectivity index (χ1) is 9.38. The number of methoxy groups -OCH3 is 1. The van der Waals surface area contributed by atoms with E-state index in [9.17, 15) is 4.39 Å². The fraction of sp³-hybridized carbons (Fsp3) is 0.647. The Kier molecular flexibility index (Phi) is 4.38. The first kappa shape index (κ1) is 15.3. The van der Waals surface area contributed by atoms with Gasteiger partial charge in [-0.1, -0.05) is 33.3 Å². The summed E-state index contributed by atoms with van der Waals surface area (Å²) in [7, 11) is 1.48. The Morgan fingerprint density at radius 1 is 1.35 bits per heavy atom. The average Bonchev–Trinajstić information content (AvgIpc) is 2.38. The van der Waals surface area contributed by atoms with Crippen molar-refractivity contribution in [2.45, 2.75) is 45.6 Å². The van der Waals surface area contributed by atoms with E-state index in [-0.39, 0.29) is 11.6 Å². The highest BCUT2D eigenvalue weighted by molar-refractivity contribution is 5.34. The fourth-order valence-corrected chi connectivity index (χ4v) is 3.77. The maximum absolute atomic E-state index is 14.0. The highest BCUT2D eigenvalue weighted by atomic mass is 19.1. The van der Waals surface area contributed by atoms with E-state index in [0.717, 1.165) is 18.4 Å². The third kappa shape index (κ3) is 2.69. The minimum atomic E-state index is -0.432. The van der Waals surface area contributed by atoms with Gasteiger partial charge in [-0.25, -0.2) is 4.39 Å². The molecule has 0 spiro atoms. The molecule has 112 valence electrons. The number of nitrogens with two attached hydrogens (primary N) is 1. The van der Waals surface area contributed by atoms with Gasteiger partial charge in [0.2, 0.25) is 0 Å². The van der Waals surface area contributed by atoms with E-state index in [2.05, 4.69) is 20.8 Å². The quantitative estimate of drug-likeness (QED) is 0.904. The molecule has 0 amide bonds. The molecule has 0 radical (unpaired) electrons. The Morgan fingerprint density at radius 3 is 2.60 bits per heavy atom. The minimum absolute atomic E-state index is 0.280. The molecule has 1 fully saturated rings. The van der Waals surface area contributed by atoms with Gasteiger partial charge in [-0.05, 0) is 48.3 Å². The summed E-state index contributed by atoms with van der Waals surface area (Å²) in [5.41, 5.74) is 7.24. The van der Waals surface area contributed by atoms with Gasteiger partial charge in [0.1, 0.15) is 0 Å². The Labute approximate surface area is 121 Å². The summed E-state index contributed by atoms with van der Waals surface area (Å²) in [5, 5.41) is 0. The second-order valence-corrected chi connectivity index (χ2v) is 6.63. The van der Waals surface area contributed by atoms with Crippen LogP contribution in [0.1, 0.15) is 45.6 Å². The molecule has 0 saturated heterocycles. The zero-order chi connectivity index (χ0) is 14.9. The van der Waals surface area contributed by atoms with Crippen molar-refractivity contribution in [2.24, 2.45) is 23.5 Å². The van der Waals surface area contributed by atoms with Crippen molar-refractivity contribution in [2.75, 3.05) is 7.11 Å². The largest absolute Gasteiger partial charge is 0.494 e. The molecule has 1 aromatic rings. The van der Waals surface area contributed by atoms with E-state index in [1.807, 2.05) is 6.07 Å². The van der Waals surface area contributed by atoms with Crippen LogP contribution in [0, 0.1) is 23.6 Å². The molecular weight excluding hydrogens is 253 g/mol. The second-order valence-electron chi connectivity index (χ2n) is 6.63. The maximum Gasteiger partial charge on any atom is 0.165 e. The predicted molar refractivity (Wildman–Crippen MR) is 80.2 cm³/mol. The zero-order valence-electron chi connectivity index (χ0n) is 12.9. The van der Waals surface area contributed by atoms with Crippen LogP contribution in [0.4, 0.5) is 4.39 Å². The van der Waals surface area contributed by atoms with Crippen LogP contribution in [0.25, 0.3) is 0 Å². The van der Waals surface area contributed by atoms with Crippen molar-refractivity contribution in [1.29, 1.82) is 0 Å². The minimum Gasteiger partial charge on any atom is -0.494 e. The molecule has 2 rings (SSSR count). The predicted octanol–water partition coefficient (Wildman–Crippen LogP) is 4.08. The summed E-state index contributed by atoms with van der Waals surface area (Å²) < 4.78 is 19.0. The molecule has 0 aliphatic heterocycles. The molecular formula is C17H26FNO. The Morgan fingerprint density at radius 2 is 2.05 bits per heavy atom. The van der Waals surface area contributed by atoms with Crippen LogP contribution < -0.4 is 10.5 Å². The van der Waals surface area contributed by atoms with Gasteiger partial charge in [0.05, 0.1) is 7.11 Å². The summed E-state index contributed by atoms with van der Waals surface area (Å²) in [6.45, 7) is 6.66. The first-order valence-corrected chi connectivity index (χ1v) is 7.51. The standard InChI is InChI=1S/C17H26FNO/c1-11(2)14-7-5-12(3)10-17(14,19)13-6-8-16(20-4)15(18)9-13/h6,8-9,11-12,14H,5,7,10,19H2,1-4H3. The van der Waals surface area contributed by atoms with Crippen LogP contribution in [0.15, 0.2) is 18.2 Å². The lowest BCUT2D eigenvalue weighted by Crippen LogP contribution is -2.50. The molecule has 1 aliphatic rings. The average molecular weight is 279 g/mol. The summed E-state index contributed by atoms with van der Waals surface area (Å²) in [6, 6.07) is 5.18. The molecule has 0 heterocycles. The normalized spacial score (nSPS) is 30.6. The van der Waals surface area contributed by atoms with Crippen molar-refractivity contribution in [3.63, 3.8) is 0 Å². The number of rotatable bonds is 3. The van der Waals surface area contributed by atoms with E-state index < -0.39 is 5.54 Å². The third-order valence-corrected chi connectivity index (χ3v) is 4.81.